The van der Waals surface area contributed by atoms with E-state index in [-0.39, 0.29) is 24.9 Å². The molecule has 6 nitrogen and oxygen atoms in total. The quantitative estimate of drug-likeness (QED) is 0.763. The average molecular weight is 380 g/mol. The Morgan fingerprint density at radius 1 is 1.11 bits per heavy atom. The van der Waals surface area contributed by atoms with Crippen LogP contribution in [0.15, 0.2) is 42.6 Å². The highest BCUT2D eigenvalue weighted by Gasteiger charge is 2.34. The molecule has 0 unspecified atom stereocenters. The molecule has 0 saturated carbocycles. The number of pyridine rings is 1. The van der Waals surface area contributed by atoms with E-state index in [4.69, 9.17) is 4.74 Å². The van der Waals surface area contributed by atoms with Crippen LogP contribution in [0.2, 0.25) is 0 Å². The number of hydrogen-bond acceptors (Lipinski definition) is 5. The third-order valence-electron chi connectivity index (χ3n) is 4.04. The molecule has 9 heteroatoms. The summed E-state index contributed by atoms with van der Waals surface area (Å²) in [5, 5.41) is 0. The molecule has 0 atom stereocenters. The minimum atomic E-state index is -4.47. The highest BCUT2D eigenvalue weighted by atomic mass is 19.4. The molecule has 0 N–H and O–H groups in total. The molecule has 1 aliphatic heterocycles. The van der Waals surface area contributed by atoms with Gasteiger partial charge in [-0.25, -0.2) is 9.78 Å². The van der Waals surface area contributed by atoms with Crippen molar-refractivity contribution in [2.45, 2.75) is 12.3 Å². The maximum absolute atomic E-state index is 12.7. The predicted octanol–water partition coefficient (Wildman–Crippen LogP) is 2.79. The Labute approximate surface area is 152 Å². The molecule has 0 radical (unpaired) electrons. The van der Waals surface area contributed by atoms with E-state index in [0.717, 1.165) is 18.3 Å². The molecule has 1 saturated heterocycles. The van der Waals surface area contributed by atoms with Crippen LogP contribution in [0.1, 0.15) is 26.3 Å². The summed E-state index contributed by atoms with van der Waals surface area (Å²) in [4.78, 5) is 29.0. The number of alkyl halides is 3. The Balaban J connectivity index is 1.56. The predicted molar refractivity (Wildman–Crippen MR) is 87.3 cm³/mol. The van der Waals surface area contributed by atoms with Crippen molar-refractivity contribution in [3.05, 3.63) is 59.3 Å². The van der Waals surface area contributed by atoms with Crippen molar-refractivity contribution in [3.8, 4) is 5.88 Å². The van der Waals surface area contributed by atoms with E-state index in [1.807, 2.05) is 0 Å². The summed E-state index contributed by atoms with van der Waals surface area (Å²) in [5.74, 6) is -0.896. The van der Waals surface area contributed by atoms with Gasteiger partial charge in [-0.3, -0.25) is 4.79 Å². The second-order valence-corrected chi connectivity index (χ2v) is 5.90. The molecule has 0 spiro atoms. The van der Waals surface area contributed by atoms with E-state index in [2.05, 4.69) is 9.72 Å². The molecule has 2 heterocycles. The van der Waals surface area contributed by atoms with Crippen LogP contribution >= 0.6 is 0 Å². The van der Waals surface area contributed by atoms with Gasteiger partial charge in [-0.05, 0) is 30.3 Å². The Bertz CT molecular complexity index is 846. The molecule has 1 aromatic heterocycles. The van der Waals surface area contributed by atoms with Gasteiger partial charge in [0.1, 0.15) is 6.10 Å². The summed E-state index contributed by atoms with van der Waals surface area (Å²) in [6, 6.07) is 7.69. The van der Waals surface area contributed by atoms with Crippen molar-refractivity contribution < 1.29 is 32.2 Å². The number of carbonyl (C=O) groups excluding carboxylic acids is 2. The minimum absolute atomic E-state index is 0.135. The van der Waals surface area contributed by atoms with Crippen molar-refractivity contribution in [2.75, 3.05) is 20.2 Å². The zero-order valence-electron chi connectivity index (χ0n) is 14.2. The van der Waals surface area contributed by atoms with Crippen LogP contribution in [0.5, 0.6) is 5.88 Å². The zero-order valence-corrected chi connectivity index (χ0v) is 14.2. The maximum Gasteiger partial charge on any atom is 0.416 e. The fourth-order valence-electron chi connectivity index (χ4n) is 2.55. The standard InChI is InChI=1S/C18H15F3N2O4/c1-26-17(25)12-4-2-11(3-5-12)16(24)23-9-14(10-23)27-15-8-13(6-7-22-15)18(19,20)21/h2-8,14H,9-10H2,1H3. The van der Waals surface area contributed by atoms with Gasteiger partial charge in [0, 0.05) is 17.8 Å². The number of aromatic nitrogens is 1. The highest BCUT2D eigenvalue weighted by Crippen LogP contribution is 2.31. The Kier molecular flexibility index (Phi) is 5.02. The average Bonchev–Trinajstić information content (AvgIpc) is 2.63. The monoisotopic (exact) mass is 380 g/mol. The number of ether oxygens (including phenoxy) is 2. The number of likely N-dealkylation sites (tertiary alicyclic amines) is 1. The molecule has 1 fully saturated rings. The number of nitrogens with zero attached hydrogens (tertiary/aromatic N) is 2. The van der Waals surface area contributed by atoms with Gasteiger partial charge in [0.25, 0.3) is 5.91 Å². The Hall–Kier alpha value is -3.10. The van der Waals surface area contributed by atoms with Crippen molar-refractivity contribution in [1.29, 1.82) is 0 Å². The van der Waals surface area contributed by atoms with Crippen LogP contribution in [0.4, 0.5) is 13.2 Å². The molecule has 27 heavy (non-hydrogen) atoms. The lowest BCUT2D eigenvalue weighted by atomic mass is 10.1. The number of amides is 1. The summed E-state index contributed by atoms with van der Waals surface area (Å²) in [5.41, 5.74) is -0.127. The number of rotatable bonds is 4. The lowest BCUT2D eigenvalue weighted by Gasteiger charge is -2.38. The smallest absolute Gasteiger partial charge is 0.416 e. The first-order chi connectivity index (χ1) is 12.8. The lowest BCUT2D eigenvalue weighted by Crippen LogP contribution is -2.56. The normalized spacial score (nSPS) is 14.4. The van der Waals surface area contributed by atoms with Crippen molar-refractivity contribution >= 4 is 11.9 Å². The molecular formula is C18H15F3N2O4. The molecule has 142 valence electrons. The van der Waals surface area contributed by atoms with Crippen LogP contribution in [-0.2, 0) is 10.9 Å². The molecule has 3 rings (SSSR count). The zero-order chi connectivity index (χ0) is 19.6. The fraction of sp³-hybridized carbons (Fsp3) is 0.278. The summed E-state index contributed by atoms with van der Waals surface area (Å²) < 4.78 is 48.1. The second kappa shape index (κ2) is 7.26. The number of benzene rings is 1. The largest absolute Gasteiger partial charge is 0.471 e. The molecule has 0 aliphatic carbocycles. The third kappa shape index (κ3) is 4.18. The van der Waals surface area contributed by atoms with Crippen molar-refractivity contribution in [1.82, 2.24) is 9.88 Å². The van der Waals surface area contributed by atoms with Gasteiger partial charge in [0.15, 0.2) is 0 Å². The highest BCUT2D eigenvalue weighted by molar-refractivity contribution is 5.96. The number of carbonyl (C=O) groups is 2. The third-order valence-corrected chi connectivity index (χ3v) is 4.04. The first-order valence-electron chi connectivity index (χ1n) is 7.95. The van der Waals surface area contributed by atoms with Gasteiger partial charge in [-0.2, -0.15) is 13.2 Å². The van der Waals surface area contributed by atoms with Crippen LogP contribution in [0, 0.1) is 0 Å². The first-order valence-corrected chi connectivity index (χ1v) is 7.95. The molecule has 1 aromatic carbocycles. The van der Waals surface area contributed by atoms with Crippen LogP contribution in [0.25, 0.3) is 0 Å². The summed E-state index contributed by atoms with van der Waals surface area (Å²) >= 11 is 0. The van der Waals surface area contributed by atoms with E-state index >= 15 is 0 Å². The van der Waals surface area contributed by atoms with E-state index in [0.29, 0.717) is 11.1 Å². The summed E-state index contributed by atoms with van der Waals surface area (Å²) in [6.45, 7) is 0.463. The van der Waals surface area contributed by atoms with Crippen LogP contribution < -0.4 is 4.74 Å². The first kappa shape index (κ1) is 18.7. The number of halogens is 3. The lowest BCUT2D eigenvalue weighted by molar-refractivity contribution is -0.137. The fourth-order valence-corrected chi connectivity index (χ4v) is 2.55. The molecule has 1 amide bonds. The van der Waals surface area contributed by atoms with E-state index in [9.17, 15) is 22.8 Å². The Morgan fingerprint density at radius 3 is 2.33 bits per heavy atom. The summed E-state index contributed by atoms with van der Waals surface area (Å²) in [7, 11) is 1.26. The molecular weight excluding hydrogens is 365 g/mol. The Morgan fingerprint density at radius 2 is 1.74 bits per heavy atom. The SMILES string of the molecule is COC(=O)c1ccc(C(=O)N2CC(Oc3cc(C(F)(F)F)ccn3)C2)cc1. The van der Waals surface area contributed by atoms with Gasteiger partial charge in [0.05, 0.1) is 31.3 Å². The van der Waals surface area contributed by atoms with Gasteiger partial charge in [-0.15, -0.1) is 0 Å². The van der Waals surface area contributed by atoms with Gasteiger partial charge >= 0.3 is 12.1 Å². The molecule has 0 bridgehead atoms. The van der Waals surface area contributed by atoms with Gasteiger partial charge in [-0.1, -0.05) is 0 Å². The maximum atomic E-state index is 12.7. The number of methoxy groups -OCH3 is 1. The van der Waals surface area contributed by atoms with E-state index < -0.39 is 23.8 Å². The van der Waals surface area contributed by atoms with Gasteiger partial charge < -0.3 is 14.4 Å². The van der Waals surface area contributed by atoms with E-state index in [1.54, 1.807) is 0 Å². The van der Waals surface area contributed by atoms with Crippen LogP contribution in [0.3, 0.4) is 0 Å². The number of esters is 1. The van der Waals surface area contributed by atoms with E-state index in [1.165, 1.54) is 36.3 Å². The molecule has 2 aromatic rings. The number of hydrogen-bond donors (Lipinski definition) is 0. The minimum Gasteiger partial charge on any atom is -0.471 e. The topological polar surface area (TPSA) is 68.7 Å². The van der Waals surface area contributed by atoms with Crippen LogP contribution in [-0.4, -0.2) is 48.1 Å². The molecule has 1 aliphatic rings. The van der Waals surface area contributed by atoms with Crippen molar-refractivity contribution in [3.63, 3.8) is 0 Å². The second-order valence-electron chi connectivity index (χ2n) is 5.90. The van der Waals surface area contributed by atoms with Crippen molar-refractivity contribution in [2.24, 2.45) is 0 Å². The summed E-state index contributed by atoms with van der Waals surface area (Å²) in [6.07, 6.45) is -3.87. The van der Waals surface area contributed by atoms with Gasteiger partial charge in [0.2, 0.25) is 5.88 Å².